The number of aryl methyl sites for hydroxylation is 2. The summed E-state index contributed by atoms with van der Waals surface area (Å²) in [6, 6.07) is 14.8. The Morgan fingerprint density at radius 2 is 1.08 bits per heavy atom. The molecule has 2 fully saturated rings. The highest BCUT2D eigenvalue weighted by Gasteiger charge is 2.32. The molecule has 4 atom stereocenters. The molecule has 8 nitrogen and oxygen atoms in total. The van der Waals surface area contributed by atoms with Gasteiger partial charge in [0.05, 0.1) is 34.2 Å². The fourth-order valence-electron chi connectivity index (χ4n) is 6.83. The maximum atomic E-state index is 4.99. The minimum atomic E-state index is 0.443. The molecule has 2 aromatic carbocycles. The van der Waals surface area contributed by atoms with E-state index in [2.05, 4.69) is 57.0 Å². The van der Waals surface area contributed by atoms with E-state index in [0.717, 1.165) is 69.4 Å². The van der Waals surface area contributed by atoms with E-state index in [1.54, 1.807) is 0 Å². The fraction of sp³-hybridized carbons (Fsp3) is 0.467. The summed E-state index contributed by atoms with van der Waals surface area (Å²) >= 11 is 0. The molecule has 8 rings (SSSR count). The summed E-state index contributed by atoms with van der Waals surface area (Å²) in [4.78, 5) is 26.7. The van der Waals surface area contributed by atoms with E-state index >= 15 is 0 Å². The Kier molecular flexibility index (Phi) is 5.26. The molecule has 4 unspecified atom stereocenters. The van der Waals surface area contributed by atoms with Crippen LogP contribution in [-0.4, -0.2) is 55.8 Å². The van der Waals surface area contributed by atoms with Gasteiger partial charge in [-0.2, -0.15) is 0 Å². The summed E-state index contributed by atoms with van der Waals surface area (Å²) < 4.78 is 0. The third-order valence-electron chi connectivity index (χ3n) is 8.90. The number of imidazole rings is 2. The molecule has 4 aromatic rings. The lowest BCUT2D eigenvalue weighted by Crippen LogP contribution is -2.36. The van der Waals surface area contributed by atoms with Gasteiger partial charge in [0, 0.05) is 36.1 Å². The maximum absolute atomic E-state index is 4.99. The molecule has 8 heteroatoms. The van der Waals surface area contributed by atoms with Crippen LogP contribution < -0.4 is 10.6 Å². The molecule has 0 spiro atoms. The molecule has 38 heavy (non-hydrogen) atoms. The second kappa shape index (κ2) is 8.96. The highest BCUT2D eigenvalue weighted by molar-refractivity contribution is 6.03. The molecule has 4 N–H and O–H groups in total. The second-order valence-corrected chi connectivity index (χ2v) is 11.5. The number of amidine groups is 2. The van der Waals surface area contributed by atoms with E-state index in [1.807, 2.05) is 0 Å². The van der Waals surface area contributed by atoms with Gasteiger partial charge >= 0.3 is 0 Å². The largest absolute Gasteiger partial charge is 0.365 e. The minimum absolute atomic E-state index is 0.443. The summed E-state index contributed by atoms with van der Waals surface area (Å²) in [6.45, 7) is 0. The molecule has 0 amide bonds. The first-order valence-corrected chi connectivity index (χ1v) is 14.4. The highest BCUT2D eigenvalue weighted by Crippen LogP contribution is 2.28. The third kappa shape index (κ3) is 3.97. The van der Waals surface area contributed by atoms with Gasteiger partial charge in [-0.05, 0) is 62.1 Å². The van der Waals surface area contributed by atoms with Gasteiger partial charge in [0.1, 0.15) is 23.3 Å². The number of benzene rings is 2. The van der Waals surface area contributed by atoms with Crippen LogP contribution in [0.3, 0.4) is 0 Å². The SMILES string of the molecule is c1cc2nc(CCc3nc4ccc(C5=NC6CCCCC6N5)cc4[nH]3)[nH]c2cc1C1=NC2CCCCC2N1. The zero-order valence-corrected chi connectivity index (χ0v) is 21.6. The van der Waals surface area contributed by atoms with Crippen LogP contribution in [0.15, 0.2) is 46.4 Å². The average molecular weight is 507 g/mol. The Balaban J connectivity index is 0.969. The van der Waals surface area contributed by atoms with Crippen molar-refractivity contribution in [2.24, 2.45) is 9.98 Å². The first-order valence-electron chi connectivity index (χ1n) is 14.4. The lowest BCUT2D eigenvalue weighted by molar-refractivity contribution is 0.385. The van der Waals surface area contributed by atoms with Crippen LogP contribution in [0.1, 0.15) is 74.1 Å². The number of aromatic amines is 2. The molecule has 4 heterocycles. The zero-order chi connectivity index (χ0) is 25.1. The summed E-state index contributed by atoms with van der Waals surface area (Å²) in [7, 11) is 0. The molecule has 2 aromatic heterocycles. The quantitative estimate of drug-likeness (QED) is 0.319. The molecule has 0 saturated heterocycles. The van der Waals surface area contributed by atoms with Gasteiger partial charge in [0.15, 0.2) is 0 Å². The Morgan fingerprint density at radius 3 is 1.55 bits per heavy atom. The van der Waals surface area contributed by atoms with Crippen molar-refractivity contribution in [2.45, 2.75) is 88.4 Å². The average Bonchev–Trinajstić information content (AvgIpc) is 3.73. The molecule has 0 radical (unpaired) electrons. The van der Waals surface area contributed by atoms with E-state index in [9.17, 15) is 0 Å². The number of fused-ring (bicyclic) bond motifs is 4. The van der Waals surface area contributed by atoms with Crippen LogP contribution in [-0.2, 0) is 12.8 Å². The van der Waals surface area contributed by atoms with E-state index in [-0.39, 0.29) is 0 Å². The van der Waals surface area contributed by atoms with Crippen molar-refractivity contribution >= 4 is 33.7 Å². The molecule has 0 bridgehead atoms. The number of H-pyrrole nitrogens is 2. The van der Waals surface area contributed by atoms with Gasteiger partial charge in [0.25, 0.3) is 0 Å². The van der Waals surface area contributed by atoms with Crippen LogP contribution in [0.25, 0.3) is 22.1 Å². The van der Waals surface area contributed by atoms with Crippen molar-refractivity contribution in [1.29, 1.82) is 0 Å². The smallest absolute Gasteiger partial charge is 0.128 e. The molecule has 4 aliphatic rings. The van der Waals surface area contributed by atoms with Crippen molar-refractivity contribution in [3.8, 4) is 0 Å². The molecular weight excluding hydrogens is 472 g/mol. The van der Waals surface area contributed by atoms with Crippen molar-refractivity contribution in [3.63, 3.8) is 0 Å². The predicted molar refractivity (Wildman–Crippen MR) is 151 cm³/mol. The second-order valence-electron chi connectivity index (χ2n) is 11.5. The fourth-order valence-corrected chi connectivity index (χ4v) is 6.83. The molecule has 2 aliphatic heterocycles. The van der Waals surface area contributed by atoms with Crippen LogP contribution in [0, 0.1) is 0 Å². The number of nitrogens with zero attached hydrogens (tertiary/aromatic N) is 4. The lowest BCUT2D eigenvalue weighted by Gasteiger charge is -2.23. The van der Waals surface area contributed by atoms with E-state index in [1.165, 1.54) is 51.4 Å². The topological polar surface area (TPSA) is 106 Å². The zero-order valence-electron chi connectivity index (χ0n) is 21.6. The minimum Gasteiger partial charge on any atom is -0.365 e. The lowest BCUT2D eigenvalue weighted by atomic mass is 9.92. The van der Waals surface area contributed by atoms with Crippen LogP contribution in [0.2, 0.25) is 0 Å². The van der Waals surface area contributed by atoms with Crippen molar-refractivity contribution in [1.82, 2.24) is 30.6 Å². The van der Waals surface area contributed by atoms with Gasteiger partial charge in [-0.15, -0.1) is 0 Å². The first kappa shape index (κ1) is 22.3. The Hall–Kier alpha value is -3.68. The predicted octanol–water partition coefficient (Wildman–Crippen LogP) is 4.55. The van der Waals surface area contributed by atoms with Crippen molar-refractivity contribution < 1.29 is 0 Å². The summed E-state index contributed by atoms with van der Waals surface area (Å²) in [6.07, 6.45) is 11.7. The Morgan fingerprint density at radius 1 is 0.605 bits per heavy atom. The molecule has 2 saturated carbocycles. The van der Waals surface area contributed by atoms with Gasteiger partial charge in [-0.1, -0.05) is 25.7 Å². The van der Waals surface area contributed by atoms with Crippen molar-refractivity contribution in [2.75, 3.05) is 0 Å². The number of aromatic nitrogens is 4. The molecule has 194 valence electrons. The number of hydrogen-bond donors (Lipinski definition) is 4. The number of rotatable bonds is 5. The van der Waals surface area contributed by atoms with Gasteiger partial charge in [-0.25, -0.2) is 9.97 Å². The van der Waals surface area contributed by atoms with Gasteiger partial charge in [0.2, 0.25) is 0 Å². The number of aliphatic imine (C=N–C) groups is 2. The summed E-state index contributed by atoms with van der Waals surface area (Å²) in [5, 5.41) is 7.33. The van der Waals surface area contributed by atoms with Crippen LogP contribution >= 0.6 is 0 Å². The normalized spacial score (nSPS) is 26.5. The molecular formula is C30H34N8. The number of nitrogens with one attached hydrogen (secondary N) is 4. The van der Waals surface area contributed by atoms with Gasteiger partial charge < -0.3 is 20.6 Å². The first-order chi connectivity index (χ1) is 18.7. The van der Waals surface area contributed by atoms with E-state index in [4.69, 9.17) is 20.0 Å². The van der Waals surface area contributed by atoms with Gasteiger partial charge in [-0.3, -0.25) is 9.98 Å². The van der Waals surface area contributed by atoms with Crippen LogP contribution in [0.5, 0.6) is 0 Å². The van der Waals surface area contributed by atoms with E-state index in [0.29, 0.717) is 24.2 Å². The summed E-state index contributed by atoms with van der Waals surface area (Å²) in [5.41, 5.74) is 6.43. The molecule has 2 aliphatic carbocycles. The number of hydrogen-bond acceptors (Lipinski definition) is 6. The monoisotopic (exact) mass is 506 g/mol. The van der Waals surface area contributed by atoms with Crippen molar-refractivity contribution in [3.05, 3.63) is 59.2 Å². The highest BCUT2D eigenvalue weighted by atomic mass is 15.1. The summed E-state index contributed by atoms with van der Waals surface area (Å²) in [5.74, 6) is 4.05. The third-order valence-corrected chi connectivity index (χ3v) is 8.90. The van der Waals surface area contributed by atoms with E-state index < -0.39 is 0 Å². The Labute approximate surface area is 221 Å². The van der Waals surface area contributed by atoms with Crippen LogP contribution in [0.4, 0.5) is 0 Å². The maximum Gasteiger partial charge on any atom is 0.128 e. The Bertz CT molecular complexity index is 1460. The standard InChI is InChI=1S/C30H34N8/c1-2-6-20-19(5-1)35-29(36-20)17-9-11-23-25(15-17)33-27(31-23)13-14-28-32-24-12-10-18(16-26(24)34-28)30-37-21-7-3-4-8-22(21)38-30/h9-12,15-16,19-22H,1-8,13-14H2,(H,31,33)(H,32,34)(H,35,36)(H,37,38).